The van der Waals surface area contributed by atoms with E-state index in [4.69, 9.17) is 11.1 Å². The van der Waals surface area contributed by atoms with Crippen molar-refractivity contribution < 1.29 is 13.2 Å². The number of urea groups is 1. The molecule has 0 saturated heterocycles. The number of guanidine groups is 1. The Balaban J connectivity index is 2.89. The number of rotatable bonds is 2. The number of carbonyl (C=O) groups is 1. The fourth-order valence-electron chi connectivity index (χ4n) is 0.951. The van der Waals surface area contributed by atoms with Crippen molar-refractivity contribution in [2.75, 3.05) is 7.05 Å². The molecule has 0 heterocycles. The van der Waals surface area contributed by atoms with Crippen LogP contribution in [0.2, 0.25) is 0 Å². The van der Waals surface area contributed by atoms with Crippen molar-refractivity contribution in [2.24, 2.45) is 5.73 Å². The lowest BCUT2D eigenvalue weighted by Gasteiger charge is -2.15. The first-order valence-corrected chi connectivity index (χ1v) is 6.02. The third-order valence-corrected chi connectivity index (χ3v) is 3.28. The summed E-state index contributed by atoms with van der Waals surface area (Å²) >= 11 is 0. The molecule has 0 aliphatic carbocycles. The average molecular weight is 256 g/mol. The fourth-order valence-corrected chi connectivity index (χ4v) is 1.95. The number of amides is 2. The Morgan fingerprint density at radius 3 is 2.35 bits per heavy atom. The van der Waals surface area contributed by atoms with E-state index in [1.165, 1.54) is 31.3 Å². The Bertz CT molecular complexity index is 526. The molecule has 2 amide bonds. The lowest BCUT2D eigenvalue weighted by molar-refractivity contribution is 0.231. The molecular formula is C9H12N4O3S. The molecule has 92 valence electrons. The first-order valence-electron chi connectivity index (χ1n) is 4.54. The van der Waals surface area contributed by atoms with Crippen molar-refractivity contribution in [1.82, 2.24) is 9.62 Å². The molecule has 0 saturated carbocycles. The zero-order valence-electron chi connectivity index (χ0n) is 9.04. The summed E-state index contributed by atoms with van der Waals surface area (Å²) in [4.78, 5) is 12.0. The molecule has 0 aliphatic heterocycles. The van der Waals surface area contributed by atoms with Gasteiger partial charge in [-0.2, -0.15) is 0 Å². The minimum atomic E-state index is -3.93. The Kier molecular flexibility index (Phi) is 3.69. The highest BCUT2D eigenvalue weighted by Gasteiger charge is 2.20. The van der Waals surface area contributed by atoms with Gasteiger partial charge in [0.15, 0.2) is 5.96 Å². The number of sulfonamides is 1. The molecule has 1 rings (SSSR count). The van der Waals surface area contributed by atoms with Gasteiger partial charge in [-0.3, -0.25) is 10.3 Å². The number of carbonyl (C=O) groups excluding carboxylic acids is 1. The third-order valence-electron chi connectivity index (χ3n) is 1.94. The largest absolute Gasteiger partial charge is 0.370 e. The maximum atomic E-state index is 11.7. The van der Waals surface area contributed by atoms with Gasteiger partial charge in [0.1, 0.15) is 0 Å². The summed E-state index contributed by atoms with van der Waals surface area (Å²) < 4.78 is 25.2. The molecule has 0 spiro atoms. The van der Waals surface area contributed by atoms with Crippen LogP contribution in [0.4, 0.5) is 4.79 Å². The second-order valence-corrected chi connectivity index (χ2v) is 4.85. The van der Waals surface area contributed by atoms with Crippen LogP contribution in [0.1, 0.15) is 0 Å². The second kappa shape index (κ2) is 4.83. The summed E-state index contributed by atoms with van der Waals surface area (Å²) in [6.07, 6.45) is 0. The zero-order valence-corrected chi connectivity index (χ0v) is 9.86. The Morgan fingerprint density at radius 1 is 1.35 bits per heavy atom. The number of nitrogens with two attached hydrogens (primary N) is 1. The van der Waals surface area contributed by atoms with Crippen molar-refractivity contribution in [2.45, 2.75) is 4.90 Å². The van der Waals surface area contributed by atoms with Crippen LogP contribution >= 0.6 is 0 Å². The van der Waals surface area contributed by atoms with E-state index < -0.39 is 22.0 Å². The van der Waals surface area contributed by atoms with Crippen molar-refractivity contribution in [3.63, 3.8) is 0 Å². The Morgan fingerprint density at radius 2 is 1.88 bits per heavy atom. The number of hydrogen-bond acceptors (Lipinski definition) is 4. The van der Waals surface area contributed by atoms with E-state index in [1.807, 2.05) is 0 Å². The molecule has 0 aromatic heterocycles. The van der Waals surface area contributed by atoms with Gasteiger partial charge in [0.25, 0.3) is 10.0 Å². The van der Waals surface area contributed by atoms with Crippen LogP contribution in [-0.2, 0) is 10.0 Å². The standard InChI is InChI=1S/C9H12N4O3S/c1-13(8(10)11)9(14)12-17(15,16)7-5-3-2-4-6-7/h2-6H,1H3,(H3,10,11)(H,12,14). The minimum absolute atomic E-state index is 0.0368. The molecule has 1 aromatic rings. The van der Waals surface area contributed by atoms with E-state index >= 15 is 0 Å². The number of nitrogens with zero attached hydrogens (tertiary/aromatic N) is 1. The number of hydrogen-bond donors (Lipinski definition) is 3. The summed E-state index contributed by atoms with van der Waals surface area (Å²) in [5.74, 6) is -0.550. The van der Waals surface area contributed by atoms with Crippen LogP contribution in [0.25, 0.3) is 0 Å². The van der Waals surface area contributed by atoms with Gasteiger partial charge in [0.05, 0.1) is 4.90 Å². The van der Waals surface area contributed by atoms with E-state index in [0.717, 1.165) is 0 Å². The molecule has 0 radical (unpaired) electrons. The molecule has 0 bridgehead atoms. The summed E-state index contributed by atoms with van der Waals surface area (Å²) in [6, 6.07) is 6.44. The van der Waals surface area contributed by atoms with Crippen LogP contribution in [-0.4, -0.2) is 32.4 Å². The molecule has 17 heavy (non-hydrogen) atoms. The maximum absolute atomic E-state index is 11.7. The van der Waals surface area contributed by atoms with E-state index in [0.29, 0.717) is 4.90 Å². The number of benzene rings is 1. The Hall–Kier alpha value is -2.09. The normalized spacial score (nSPS) is 10.6. The lowest BCUT2D eigenvalue weighted by atomic mass is 10.4. The molecule has 0 atom stereocenters. The average Bonchev–Trinajstić information content (AvgIpc) is 2.28. The predicted octanol–water partition coefficient (Wildman–Crippen LogP) is -0.0898. The highest BCUT2D eigenvalue weighted by Crippen LogP contribution is 2.07. The molecule has 7 nitrogen and oxygen atoms in total. The molecule has 0 fully saturated rings. The third kappa shape index (κ3) is 3.18. The van der Waals surface area contributed by atoms with Crippen LogP contribution in [0.3, 0.4) is 0 Å². The molecule has 1 aromatic carbocycles. The lowest BCUT2D eigenvalue weighted by Crippen LogP contribution is -2.46. The van der Waals surface area contributed by atoms with E-state index in [-0.39, 0.29) is 4.90 Å². The van der Waals surface area contributed by atoms with E-state index in [1.54, 1.807) is 10.8 Å². The molecule has 0 unspecified atom stereocenters. The zero-order chi connectivity index (χ0) is 13.1. The Labute approximate surface area is 98.8 Å². The van der Waals surface area contributed by atoms with Gasteiger partial charge < -0.3 is 5.73 Å². The van der Waals surface area contributed by atoms with Crippen molar-refractivity contribution in [1.29, 1.82) is 5.41 Å². The van der Waals surface area contributed by atoms with E-state index in [2.05, 4.69) is 0 Å². The van der Waals surface area contributed by atoms with E-state index in [9.17, 15) is 13.2 Å². The molecule has 4 N–H and O–H groups in total. The first kappa shape index (κ1) is 13.0. The van der Waals surface area contributed by atoms with Gasteiger partial charge >= 0.3 is 6.03 Å². The van der Waals surface area contributed by atoms with Gasteiger partial charge in [0, 0.05) is 7.05 Å². The number of nitrogens with one attached hydrogen (secondary N) is 2. The predicted molar refractivity (Wildman–Crippen MR) is 61.8 cm³/mol. The minimum Gasteiger partial charge on any atom is -0.370 e. The summed E-state index contributed by atoms with van der Waals surface area (Å²) in [7, 11) is -2.74. The van der Waals surface area contributed by atoms with Gasteiger partial charge in [0.2, 0.25) is 0 Å². The van der Waals surface area contributed by atoms with Crippen molar-refractivity contribution in [3.05, 3.63) is 30.3 Å². The van der Waals surface area contributed by atoms with Gasteiger partial charge in [-0.15, -0.1) is 0 Å². The van der Waals surface area contributed by atoms with Crippen LogP contribution in [0.5, 0.6) is 0 Å². The van der Waals surface area contributed by atoms with Crippen LogP contribution < -0.4 is 10.5 Å². The quantitative estimate of drug-likeness (QED) is 0.506. The SMILES string of the molecule is CN(C(=N)N)C(=O)NS(=O)(=O)c1ccccc1. The first-order chi connectivity index (χ1) is 7.84. The smallest absolute Gasteiger partial charge is 0.337 e. The monoisotopic (exact) mass is 256 g/mol. The van der Waals surface area contributed by atoms with Crippen molar-refractivity contribution >= 4 is 22.0 Å². The van der Waals surface area contributed by atoms with Crippen LogP contribution in [0.15, 0.2) is 35.2 Å². The fraction of sp³-hybridized carbons (Fsp3) is 0.111. The van der Waals surface area contributed by atoms with Gasteiger partial charge in [-0.25, -0.2) is 17.9 Å². The summed E-state index contributed by atoms with van der Waals surface area (Å²) in [5.41, 5.74) is 5.05. The molecular weight excluding hydrogens is 244 g/mol. The molecule has 8 heteroatoms. The highest BCUT2D eigenvalue weighted by atomic mass is 32.2. The van der Waals surface area contributed by atoms with Crippen molar-refractivity contribution in [3.8, 4) is 0 Å². The molecule has 0 aliphatic rings. The highest BCUT2D eigenvalue weighted by molar-refractivity contribution is 7.90. The topological polar surface area (TPSA) is 116 Å². The van der Waals surface area contributed by atoms with Gasteiger partial charge in [-0.05, 0) is 12.1 Å². The summed E-state index contributed by atoms with van der Waals surface area (Å²) in [5, 5.41) is 6.99. The summed E-state index contributed by atoms with van der Waals surface area (Å²) in [6.45, 7) is 0. The van der Waals surface area contributed by atoms with Crippen LogP contribution in [0, 0.1) is 5.41 Å². The second-order valence-electron chi connectivity index (χ2n) is 3.17. The van der Waals surface area contributed by atoms with Gasteiger partial charge in [-0.1, -0.05) is 18.2 Å². The maximum Gasteiger partial charge on any atom is 0.337 e.